The molecule has 0 aliphatic rings. The fourth-order valence-corrected chi connectivity index (χ4v) is 0.785. The number of halogens is 1. The van der Waals surface area contributed by atoms with E-state index in [9.17, 15) is 4.79 Å². The first-order valence-corrected chi connectivity index (χ1v) is 2.90. The van der Waals surface area contributed by atoms with Gasteiger partial charge in [0.05, 0.1) is 11.6 Å². The molecule has 1 aromatic rings. The number of rotatable bonds is 0. The van der Waals surface area contributed by atoms with E-state index in [0.29, 0.717) is 0 Å². The number of nitrogens with one attached hydrogen (secondary N) is 1. The molecule has 0 aromatic carbocycles. The molecule has 0 spiro atoms. The molecular formula is C6H3ClN2O. The number of hydrogen-bond donors (Lipinski definition) is 1. The molecule has 1 N–H and O–H groups in total. The number of nitriles is 1. The summed E-state index contributed by atoms with van der Waals surface area (Å²) < 4.78 is 0. The third-order valence-electron chi connectivity index (χ3n) is 0.941. The second-order valence-electron chi connectivity index (χ2n) is 1.69. The maximum Gasteiger partial charge on any atom is 0.250 e. The largest absolute Gasteiger partial charge is 0.313 e. The van der Waals surface area contributed by atoms with Crippen LogP contribution in [0.2, 0.25) is 5.15 Å². The third kappa shape index (κ3) is 1.36. The molecule has 1 aromatic heterocycles. The molecule has 0 aliphatic carbocycles. The summed E-state index contributed by atoms with van der Waals surface area (Å²) in [5.41, 5.74) is -0.0854. The van der Waals surface area contributed by atoms with E-state index in [0.717, 1.165) is 0 Å². The van der Waals surface area contributed by atoms with E-state index in [1.807, 2.05) is 0 Å². The SMILES string of the molecule is N#Cc1cc(Cl)[nH]c(=O)c1. The molecular weight excluding hydrogens is 152 g/mol. The first-order valence-electron chi connectivity index (χ1n) is 2.52. The number of pyridine rings is 1. The predicted molar refractivity (Wildman–Crippen MR) is 36.8 cm³/mol. The summed E-state index contributed by atoms with van der Waals surface area (Å²) in [4.78, 5) is 12.9. The lowest BCUT2D eigenvalue weighted by molar-refractivity contribution is 1.23. The standard InChI is InChI=1S/C6H3ClN2O/c7-5-1-4(3-8)2-6(10)9-5/h1-2H,(H,9,10). The van der Waals surface area contributed by atoms with Crippen molar-refractivity contribution in [3.63, 3.8) is 0 Å². The molecule has 4 heteroatoms. The highest BCUT2D eigenvalue weighted by Gasteiger charge is 1.93. The quantitative estimate of drug-likeness (QED) is 0.565. The van der Waals surface area contributed by atoms with Gasteiger partial charge in [-0.25, -0.2) is 0 Å². The molecule has 10 heavy (non-hydrogen) atoms. The van der Waals surface area contributed by atoms with Gasteiger partial charge >= 0.3 is 0 Å². The summed E-state index contributed by atoms with van der Waals surface area (Å²) in [5, 5.41) is 8.51. The van der Waals surface area contributed by atoms with Crippen LogP contribution in [0.15, 0.2) is 16.9 Å². The van der Waals surface area contributed by atoms with E-state index in [1.165, 1.54) is 12.1 Å². The van der Waals surface area contributed by atoms with Crippen molar-refractivity contribution in [1.82, 2.24) is 4.98 Å². The van der Waals surface area contributed by atoms with Crippen LogP contribution in [0, 0.1) is 11.3 Å². The Morgan fingerprint density at radius 3 is 2.80 bits per heavy atom. The van der Waals surface area contributed by atoms with Gasteiger partial charge in [-0.2, -0.15) is 5.26 Å². The maximum absolute atomic E-state index is 10.6. The minimum Gasteiger partial charge on any atom is -0.313 e. The lowest BCUT2D eigenvalue weighted by Crippen LogP contribution is -2.03. The lowest BCUT2D eigenvalue weighted by atomic mass is 10.3. The van der Waals surface area contributed by atoms with Gasteiger partial charge in [-0.3, -0.25) is 4.79 Å². The first kappa shape index (κ1) is 6.84. The van der Waals surface area contributed by atoms with Gasteiger partial charge in [0.15, 0.2) is 0 Å². The van der Waals surface area contributed by atoms with Crippen molar-refractivity contribution in [2.24, 2.45) is 0 Å². The molecule has 1 rings (SSSR count). The van der Waals surface area contributed by atoms with Gasteiger partial charge in [-0.15, -0.1) is 0 Å². The highest BCUT2D eigenvalue weighted by molar-refractivity contribution is 6.29. The summed E-state index contributed by atoms with van der Waals surface area (Å²) in [6.45, 7) is 0. The Hall–Kier alpha value is -1.27. The maximum atomic E-state index is 10.6. The average Bonchev–Trinajstić information content (AvgIpc) is 1.85. The van der Waals surface area contributed by atoms with Crippen molar-refractivity contribution in [3.8, 4) is 6.07 Å². The zero-order valence-corrected chi connectivity index (χ0v) is 5.64. The second-order valence-corrected chi connectivity index (χ2v) is 2.10. The average molecular weight is 155 g/mol. The molecule has 0 bridgehead atoms. The van der Waals surface area contributed by atoms with Gasteiger partial charge in [0.1, 0.15) is 5.15 Å². The normalized spacial score (nSPS) is 8.80. The molecule has 0 unspecified atom stereocenters. The number of hydrogen-bond acceptors (Lipinski definition) is 2. The van der Waals surface area contributed by atoms with Gasteiger partial charge in [-0.05, 0) is 6.07 Å². The van der Waals surface area contributed by atoms with Crippen LogP contribution in [-0.2, 0) is 0 Å². The third-order valence-corrected chi connectivity index (χ3v) is 1.14. The Balaban J connectivity index is 3.36. The van der Waals surface area contributed by atoms with E-state index in [-0.39, 0.29) is 16.3 Å². The summed E-state index contributed by atoms with van der Waals surface area (Å²) in [7, 11) is 0. The van der Waals surface area contributed by atoms with E-state index in [4.69, 9.17) is 16.9 Å². The molecule has 0 saturated heterocycles. The molecule has 3 nitrogen and oxygen atoms in total. The van der Waals surface area contributed by atoms with Crippen LogP contribution in [0.1, 0.15) is 5.56 Å². The van der Waals surface area contributed by atoms with E-state index >= 15 is 0 Å². The van der Waals surface area contributed by atoms with Crippen molar-refractivity contribution in [2.75, 3.05) is 0 Å². The molecule has 0 fully saturated rings. The van der Waals surface area contributed by atoms with Crippen LogP contribution < -0.4 is 5.56 Å². The topological polar surface area (TPSA) is 56.6 Å². The molecule has 0 saturated carbocycles. The van der Waals surface area contributed by atoms with Crippen molar-refractivity contribution < 1.29 is 0 Å². The van der Waals surface area contributed by atoms with Crippen molar-refractivity contribution in [1.29, 1.82) is 5.26 Å². The molecule has 50 valence electrons. The molecule has 0 radical (unpaired) electrons. The summed E-state index contributed by atoms with van der Waals surface area (Å²) in [6, 6.07) is 4.38. The predicted octanol–water partition coefficient (Wildman–Crippen LogP) is 0.900. The van der Waals surface area contributed by atoms with Crippen LogP contribution in [0.3, 0.4) is 0 Å². The van der Waals surface area contributed by atoms with E-state index in [1.54, 1.807) is 6.07 Å². The van der Waals surface area contributed by atoms with Crippen LogP contribution in [0.5, 0.6) is 0 Å². The number of aromatic nitrogens is 1. The molecule has 1 heterocycles. The van der Waals surface area contributed by atoms with Crippen molar-refractivity contribution in [2.45, 2.75) is 0 Å². The van der Waals surface area contributed by atoms with Gasteiger partial charge in [-0.1, -0.05) is 11.6 Å². The van der Waals surface area contributed by atoms with Crippen LogP contribution >= 0.6 is 11.6 Å². The Morgan fingerprint density at radius 1 is 1.60 bits per heavy atom. The fourth-order valence-electron chi connectivity index (χ4n) is 0.574. The van der Waals surface area contributed by atoms with Crippen molar-refractivity contribution in [3.05, 3.63) is 33.2 Å². The van der Waals surface area contributed by atoms with E-state index in [2.05, 4.69) is 4.98 Å². The van der Waals surface area contributed by atoms with Gasteiger partial charge in [0.25, 0.3) is 0 Å². The zero-order valence-electron chi connectivity index (χ0n) is 4.89. The number of aromatic amines is 1. The van der Waals surface area contributed by atoms with Crippen LogP contribution in [0.4, 0.5) is 0 Å². The van der Waals surface area contributed by atoms with Crippen LogP contribution in [0.25, 0.3) is 0 Å². The van der Waals surface area contributed by atoms with Crippen LogP contribution in [-0.4, -0.2) is 4.98 Å². The number of nitrogens with zero attached hydrogens (tertiary/aromatic N) is 1. The summed E-state index contributed by atoms with van der Waals surface area (Å²) in [5.74, 6) is 0. The smallest absolute Gasteiger partial charge is 0.250 e. The molecule has 0 atom stereocenters. The lowest BCUT2D eigenvalue weighted by Gasteiger charge is -1.87. The Kier molecular flexibility index (Phi) is 1.74. The van der Waals surface area contributed by atoms with Crippen molar-refractivity contribution >= 4 is 11.6 Å². The molecule has 0 amide bonds. The number of H-pyrrole nitrogens is 1. The van der Waals surface area contributed by atoms with Gasteiger partial charge in [0, 0.05) is 6.07 Å². The Morgan fingerprint density at radius 2 is 2.30 bits per heavy atom. The van der Waals surface area contributed by atoms with E-state index < -0.39 is 0 Å². The van der Waals surface area contributed by atoms with Gasteiger partial charge in [0.2, 0.25) is 5.56 Å². The first-order chi connectivity index (χ1) is 4.72. The highest BCUT2D eigenvalue weighted by atomic mass is 35.5. The Bertz CT molecular complexity index is 336. The Labute approximate surface area is 61.9 Å². The zero-order chi connectivity index (χ0) is 7.56. The molecule has 0 aliphatic heterocycles. The summed E-state index contributed by atoms with van der Waals surface area (Å²) >= 11 is 5.42. The summed E-state index contributed by atoms with van der Waals surface area (Å²) in [6.07, 6.45) is 0. The minimum absolute atomic E-state index is 0.184. The second kappa shape index (κ2) is 2.54. The monoisotopic (exact) mass is 154 g/mol. The highest BCUT2D eigenvalue weighted by Crippen LogP contribution is 2.01. The fraction of sp³-hybridized carbons (Fsp3) is 0. The van der Waals surface area contributed by atoms with Gasteiger partial charge < -0.3 is 4.98 Å². The minimum atomic E-state index is -0.357.